The van der Waals surface area contributed by atoms with Crippen molar-refractivity contribution in [1.29, 1.82) is 0 Å². The first kappa shape index (κ1) is 36.2. The lowest BCUT2D eigenvalue weighted by Gasteiger charge is -2.36. The zero-order valence-corrected chi connectivity index (χ0v) is 30.8. The summed E-state index contributed by atoms with van der Waals surface area (Å²) < 4.78 is 14.2. The van der Waals surface area contributed by atoms with Gasteiger partial charge < -0.3 is 9.47 Å². The van der Waals surface area contributed by atoms with Crippen LogP contribution in [0.2, 0.25) is 5.15 Å². The molecular weight excluding hydrogens is 648 g/mol. The molecule has 0 aromatic carbocycles. The molecule has 2 aliphatic rings. The Bertz CT molecular complexity index is 1900. The number of hydrogen-bond acceptors (Lipinski definition) is 8. The Balaban J connectivity index is 0.000000191. The molecular formula is C35H49ClN8O5. The van der Waals surface area contributed by atoms with E-state index >= 15 is 0 Å². The molecule has 6 rings (SSSR count). The molecule has 2 saturated heterocycles. The van der Waals surface area contributed by atoms with Gasteiger partial charge in [0.05, 0.1) is 23.5 Å². The first-order valence-electron chi connectivity index (χ1n) is 17.0. The molecule has 0 spiro atoms. The van der Waals surface area contributed by atoms with Gasteiger partial charge in [-0.05, 0) is 101 Å². The van der Waals surface area contributed by atoms with Gasteiger partial charge in [0.25, 0.3) is 5.56 Å². The van der Waals surface area contributed by atoms with Crippen molar-refractivity contribution in [3.05, 3.63) is 62.0 Å². The van der Waals surface area contributed by atoms with Crippen LogP contribution in [0.1, 0.15) is 120 Å². The molecule has 49 heavy (non-hydrogen) atoms. The van der Waals surface area contributed by atoms with Crippen LogP contribution in [-0.4, -0.2) is 75.5 Å². The second-order valence-electron chi connectivity index (χ2n) is 15.0. The molecule has 13 nitrogen and oxygen atoms in total. The Hall–Kier alpha value is -4.13. The third-order valence-corrected chi connectivity index (χ3v) is 9.03. The molecule has 2 aliphatic heterocycles. The maximum absolute atomic E-state index is 12.6. The van der Waals surface area contributed by atoms with E-state index in [1.807, 2.05) is 67.5 Å². The van der Waals surface area contributed by atoms with Crippen molar-refractivity contribution in [2.75, 3.05) is 13.1 Å². The van der Waals surface area contributed by atoms with Crippen molar-refractivity contribution in [3.63, 3.8) is 0 Å². The number of carbonyl (C=O) groups is 2. The van der Waals surface area contributed by atoms with Gasteiger partial charge in [-0.15, -0.1) is 0 Å². The molecule has 266 valence electrons. The molecule has 4 aromatic heterocycles. The normalized spacial score (nSPS) is 18.7. The maximum Gasteiger partial charge on any atom is 0.410 e. The number of rotatable bonds is 2. The fourth-order valence-corrected chi connectivity index (χ4v) is 6.47. The van der Waals surface area contributed by atoms with Gasteiger partial charge in [0, 0.05) is 48.2 Å². The summed E-state index contributed by atoms with van der Waals surface area (Å²) in [6.45, 7) is 18.2. The van der Waals surface area contributed by atoms with Gasteiger partial charge >= 0.3 is 12.2 Å². The number of carbonyl (C=O) groups excluding carboxylic acids is 2. The number of ether oxygens (including phenoxy) is 2. The summed E-state index contributed by atoms with van der Waals surface area (Å²) in [5, 5.41) is 8.30. The summed E-state index contributed by atoms with van der Waals surface area (Å²) in [5.74, 6) is 0. The van der Waals surface area contributed by atoms with Crippen LogP contribution in [0.3, 0.4) is 0 Å². The van der Waals surface area contributed by atoms with Crippen LogP contribution in [0.25, 0.3) is 11.3 Å². The number of aryl methyl sites for hydroxylation is 2. The van der Waals surface area contributed by atoms with Crippen molar-refractivity contribution in [2.24, 2.45) is 0 Å². The minimum absolute atomic E-state index is 0.109. The topological polar surface area (TPSA) is 139 Å². The molecule has 0 bridgehead atoms. The third-order valence-electron chi connectivity index (χ3n) is 8.59. The van der Waals surface area contributed by atoms with Gasteiger partial charge in [-0.2, -0.15) is 5.10 Å². The van der Waals surface area contributed by atoms with Gasteiger partial charge in [0.1, 0.15) is 16.4 Å². The number of aromatic amines is 1. The average molecular weight is 697 g/mol. The standard InChI is InChI=1S/C18H25ClN4O2.C17H24N4O3/c1-11-12(2)20-15-10-13(21-23(15)16(11)19)14-8-6-7-9-22(14)17(24)25-18(3,4)5;1-11-9-15(22)21-14(18-11)10-12(19-21)13-7-5-6-8-20(13)16(23)24-17(2,3)4/h10,14H,6-9H2,1-5H3;9-10,13,19H,5-8H2,1-4H3/t14-;13-/m00/s1. The first-order chi connectivity index (χ1) is 22.9. The first-order valence-corrected chi connectivity index (χ1v) is 17.4. The van der Waals surface area contributed by atoms with Crippen LogP contribution < -0.4 is 5.56 Å². The Kier molecular flexibility index (Phi) is 10.3. The van der Waals surface area contributed by atoms with Gasteiger partial charge in [-0.1, -0.05) is 11.6 Å². The van der Waals surface area contributed by atoms with Crippen LogP contribution >= 0.6 is 11.6 Å². The Morgan fingerprint density at radius 2 is 1.39 bits per heavy atom. The van der Waals surface area contributed by atoms with Crippen LogP contribution in [0, 0.1) is 20.8 Å². The summed E-state index contributed by atoms with van der Waals surface area (Å²) in [5.41, 5.74) is 4.18. The predicted molar refractivity (Wildman–Crippen MR) is 187 cm³/mol. The second kappa shape index (κ2) is 14.0. The smallest absolute Gasteiger partial charge is 0.410 e. The number of piperidine rings is 2. The lowest BCUT2D eigenvalue weighted by molar-refractivity contribution is 0.00800. The quantitative estimate of drug-likeness (QED) is 0.216. The minimum Gasteiger partial charge on any atom is -0.444 e. The molecule has 0 saturated carbocycles. The van der Waals surface area contributed by atoms with E-state index in [1.165, 1.54) is 10.6 Å². The fraction of sp³-hybridized carbons (Fsp3) is 0.600. The summed E-state index contributed by atoms with van der Waals surface area (Å²) in [6, 6.07) is 5.02. The van der Waals surface area contributed by atoms with Gasteiger partial charge in [0.15, 0.2) is 11.3 Å². The highest BCUT2D eigenvalue weighted by atomic mass is 35.5. The Labute approximate surface area is 291 Å². The van der Waals surface area contributed by atoms with Crippen LogP contribution in [0.15, 0.2) is 23.0 Å². The number of halogens is 1. The highest BCUT2D eigenvalue weighted by Gasteiger charge is 2.34. The number of amides is 2. The number of likely N-dealkylation sites (tertiary alicyclic amines) is 2. The van der Waals surface area contributed by atoms with E-state index in [-0.39, 0.29) is 29.8 Å². The van der Waals surface area contributed by atoms with Crippen molar-refractivity contribution in [3.8, 4) is 0 Å². The summed E-state index contributed by atoms with van der Waals surface area (Å²) >= 11 is 6.42. The van der Waals surface area contributed by atoms with Crippen molar-refractivity contribution in [1.82, 2.24) is 39.0 Å². The Morgan fingerprint density at radius 1 is 0.816 bits per heavy atom. The lowest BCUT2D eigenvalue weighted by atomic mass is 10.00. The van der Waals surface area contributed by atoms with E-state index < -0.39 is 11.2 Å². The molecule has 1 N–H and O–H groups in total. The van der Waals surface area contributed by atoms with E-state index in [0.29, 0.717) is 35.2 Å². The van der Waals surface area contributed by atoms with Crippen LogP contribution in [0.4, 0.5) is 9.59 Å². The second-order valence-corrected chi connectivity index (χ2v) is 15.3. The highest BCUT2D eigenvalue weighted by molar-refractivity contribution is 6.30. The van der Waals surface area contributed by atoms with E-state index in [2.05, 4.69) is 20.2 Å². The number of hydrogen-bond donors (Lipinski definition) is 1. The van der Waals surface area contributed by atoms with Crippen molar-refractivity contribution < 1.29 is 19.1 Å². The number of aromatic nitrogens is 6. The molecule has 2 fully saturated rings. The summed E-state index contributed by atoms with van der Waals surface area (Å²) in [6.07, 6.45) is 5.09. The molecule has 2 amide bonds. The van der Waals surface area contributed by atoms with E-state index in [9.17, 15) is 14.4 Å². The molecule has 0 unspecified atom stereocenters. The molecule has 4 aromatic rings. The van der Waals surface area contributed by atoms with E-state index in [1.54, 1.807) is 21.2 Å². The van der Waals surface area contributed by atoms with Crippen molar-refractivity contribution in [2.45, 2.75) is 124 Å². The highest BCUT2D eigenvalue weighted by Crippen LogP contribution is 2.34. The van der Waals surface area contributed by atoms with Gasteiger partial charge in [-0.3, -0.25) is 19.7 Å². The zero-order chi connectivity index (χ0) is 35.8. The Morgan fingerprint density at radius 3 is 1.98 bits per heavy atom. The molecule has 2 atom stereocenters. The predicted octanol–water partition coefficient (Wildman–Crippen LogP) is 7.25. The number of H-pyrrole nitrogens is 1. The zero-order valence-electron chi connectivity index (χ0n) is 30.1. The summed E-state index contributed by atoms with van der Waals surface area (Å²) in [4.78, 5) is 49.7. The number of nitrogens with one attached hydrogen (secondary N) is 1. The molecule has 0 aliphatic carbocycles. The summed E-state index contributed by atoms with van der Waals surface area (Å²) in [7, 11) is 0. The molecule has 14 heteroatoms. The fourth-order valence-electron chi connectivity index (χ4n) is 6.21. The van der Waals surface area contributed by atoms with Crippen LogP contribution in [0.5, 0.6) is 0 Å². The maximum atomic E-state index is 12.6. The SMILES string of the molecule is Cc1cc(=O)n2[nH]c([C@@H]3CCCCN3C(=O)OC(C)(C)C)cc2n1.Cc1nc2cc([C@@H]3CCCCN3C(=O)OC(C)(C)C)nn2c(Cl)c1C. The number of nitrogens with zero attached hydrogens (tertiary/aromatic N) is 7. The minimum atomic E-state index is -0.533. The largest absolute Gasteiger partial charge is 0.444 e. The van der Waals surface area contributed by atoms with Crippen LogP contribution in [-0.2, 0) is 9.47 Å². The average Bonchev–Trinajstić information content (AvgIpc) is 3.63. The number of fused-ring (bicyclic) bond motifs is 2. The lowest BCUT2D eigenvalue weighted by Crippen LogP contribution is -2.42. The van der Waals surface area contributed by atoms with Gasteiger partial charge in [0.2, 0.25) is 0 Å². The molecule has 0 radical (unpaired) electrons. The monoisotopic (exact) mass is 696 g/mol. The van der Waals surface area contributed by atoms with Gasteiger partial charge in [-0.25, -0.2) is 28.6 Å². The van der Waals surface area contributed by atoms with E-state index in [4.69, 9.17) is 21.1 Å². The van der Waals surface area contributed by atoms with E-state index in [0.717, 1.165) is 61.2 Å². The van der Waals surface area contributed by atoms with Crippen molar-refractivity contribution >= 4 is 35.1 Å². The third kappa shape index (κ3) is 8.37. The molecule has 6 heterocycles.